The van der Waals surface area contributed by atoms with Gasteiger partial charge in [0.25, 0.3) is 0 Å². The smallest absolute Gasteiger partial charge is 0.128 e. The molecule has 2 aromatic rings. The Labute approximate surface area is 133 Å². The van der Waals surface area contributed by atoms with Gasteiger partial charge in [0.1, 0.15) is 17.1 Å². The van der Waals surface area contributed by atoms with Crippen LogP contribution in [-0.4, -0.2) is 10.7 Å². The van der Waals surface area contributed by atoms with Crippen molar-refractivity contribution in [3.63, 3.8) is 0 Å². The molecule has 2 nitrogen and oxygen atoms in total. The third kappa shape index (κ3) is 4.93. The summed E-state index contributed by atoms with van der Waals surface area (Å²) in [7, 11) is 0. The van der Waals surface area contributed by atoms with Crippen LogP contribution in [0, 0.1) is 11.8 Å². The van der Waals surface area contributed by atoms with Gasteiger partial charge in [0.2, 0.25) is 0 Å². The molecular weight excluding hydrogens is 328 g/mol. The van der Waals surface area contributed by atoms with Crippen LogP contribution in [0.25, 0.3) is 0 Å². The van der Waals surface area contributed by atoms with Crippen molar-refractivity contribution in [2.75, 3.05) is 0 Å². The fourth-order valence-corrected chi connectivity index (χ4v) is 1.84. The zero-order valence-electron chi connectivity index (χ0n) is 12.1. The molecule has 3 heteroatoms. The molecule has 2 rings (SSSR count). The fraction of sp³-hybridized carbons (Fsp3) is 0.222. The average molecular weight is 345 g/mol. The first-order chi connectivity index (χ1) is 9.98. The maximum Gasteiger partial charge on any atom is 0.128 e. The first-order valence-corrected chi connectivity index (χ1v) is 7.57. The summed E-state index contributed by atoms with van der Waals surface area (Å²) in [6.45, 7) is 3.62. The zero-order valence-corrected chi connectivity index (χ0v) is 13.6. The molecule has 2 aromatic carbocycles. The SMILES string of the molecule is CCC(C)(O)C#Cc1cccc(Oc2ccc(Br)cc2)c1. The summed E-state index contributed by atoms with van der Waals surface area (Å²) in [5.41, 5.74) is -0.138. The van der Waals surface area contributed by atoms with Gasteiger partial charge in [0.15, 0.2) is 0 Å². The van der Waals surface area contributed by atoms with Crippen LogP contribution >= 0.6 is 15.9 Å². The third-order valence-electron chi connectivity index (χ3n) is 3.05. The Hall–Kier alpha value is -1.76. The summed E-state index contributed by atoms with van der Waals surface area (Å²) in [6.07, 6.45) is 0.592. The van der Waals surface area contributed by atoms with E-state index in [-0.39, 0.29) is 0 Å². The van der Waals surface area contributed by atoms with Crippen molar-refractivity contribution >= 4 is 15.9 Å². The van der Waals surface area contributed by atoms with Gasteiger partial charge in [0, 0.05) is 10.0 Å². The number of ether oxygens (including phenoxy) is 1. The third-order valence-corrected chi connectivity index (χ3v) is 3.58. The number of halogens is 1. The number of benzene rings is 2. The summed E-state index contributed by atoms with van der Waals surface area (Å²) >= 11 is 3.39. The van der Waals surface area contributed by atoms with Gasteiger partial charge < -0.3 is 9.84 Å². The van der Waals surface area contributed by atoms with Gasteiger partial charge in [-0.25, -0.2) is 0 Å². The Balaban J connectivity index is 2.16. The second-order valence-corrected chi connectivity index (χ2v) is 5.88. The number of hydrogen-bond donors (Lipinski definition) is 1. The fourth-order valence-electron chi connectivity index (χ4n) is 1.57. The summed E-state index contributed by atoms with van der Waals surface area (Å²) in [5, 5.41) is 9.91. The standard InChI is InChI=1S/C18H17BrO2/c1-3-18(2,20)12-11-14-5-4-6-17(13-14)21-16-9-7-15(19)8-10-16/h4-10,13,20H,3H2,1-2H3. The lowest BCUT2D eigenvalue weighted by Gasteiger charge is -2.12. The predicted molar refractivity (Wildman–Crippen MR) is 88.5 cm³/mol. The number of rotatable bonds is 3. The first-order valence-electron chi connectivity index (χ1n) is 6.77. The van der Waals surface area contributed by atoms with Gasteiger partial charge in [0.05, 0.1) is 0 Å². The highest BCUT2D eigenvalue weighted by molar-refractivity contribution is 9.10. The van der Waals surface area contributed by atoms with E-state index >= 15 is 0 Å². The van der Waals surface area contributed by atoms with Crippen LogP contribution in [0.5, 0.6) is 11.5 Å². The number of hydrogen-bond acceptors (Lipinski definition) is 2. The summed E-state index contributed by atoms with van der Waals surface area (Å²) in [4.78, 5) is 0. The Kier molecular flexibility index (Phi) is 5.06. The molecule has 1 atom stereocenters. The molecule has 0 aliphatic carbocycles. The van der Waals surface area contributed by atoms with Crippen LogP contribution in [0.2, 0.25) is 0 Å². The number of aliphatic hydroxyl groups is 1. The second kappa shape index (κ2) is 6.80. The van der Waals surface area contributed by atoms with E-state index in [1.807, 2.05) is 55.5 Å². The lowest BCUT2D eigenvalue weighted by Crippen LogP contribution is -2.19. The summed E-state index contributed by atoms with van der Waals surface area (Å²) in [5.74, 6) is 7.34. The van der Waals surface area contributed by atoms with E-state index in [2.05, 4.69) is 27.8 Å². The van der Waals surface area contributed by atoms with Crippen LogP contribution in [0.1, 0.15) is 25.8 Å². The normalized spacial score (nSPS) is 13.0. The van der Waals surface area contributed by atoms with Gasteiger partial charge in [-0.3, -0.25) is 0 Å². The molecule has 0 fully saturated rings. The molecule has 21 heavy (non-hydrogen) atoms. The van der Waals surface area contributed by atoms with Crippen molar-refractivity contribution in [3.05, 3.63) is 58.6 Å². The lowest BCUT2D eigenvalue weighted by molar-refractivity contribution is 0.118. The van der Waals surface area contributed by atoms with E-state index in [0.717, 1.165) is 21.5 Å². The maximum absolute atomic E-state index is 9.91. The zero-order chi connectivity index (χ0) is 15.3. The predicted octanol–water partition coefficient (Wildman–Crippen LogP) is 4.75. The van der Waals surface area contributed by atoms with Crippen LogP contribution in [-0.2, 0) is 0 Å². The molecule has 0 saturated carbocycles. The van der Waals surface area contributed by atoms with Crippen LogP contribution in [0.15, 0.2) is 53.0 Å². The summed E-state index contributed by atoms with van der Waals surface area (Å²) in [6, 6.07) is 15.2. The van der Waals surface area contributed by atoms with Gasteiger partial charge >= 0.3 is 0 Å². The molecule has 0 spiro atoms. The highest BCUT2D eigenvalue weighted by atomic mass is 79.9. The van der Waals surface area contributed by atoms with Gasteiger partial charge in [-0.15, -0.1) is 0 Å². The molecule has 0 aliphatic rings. The molecule has 0 heterocycles. The molecule has 0 radical (unpaired) electrons. The van der Waals surface area contributed by atoms with Gasteiger partial charge in [-0.1, -0.05) is 40.8 Å². The molecule has 0 amide bonds. The van der Waals surface area contributed by atoms with E-state index in [0.29, 0.717) is 6.42 Å². The quantitative estimate of drug-likeness (QED) is 0.813. The topological polar surface area (TPSA) is 29.5 Å². The molecule has 108 valence electrons. The minimum Gasteiger partial charge on any atom is -0.457 e. The maximum atomic E-state index is 9.91. The van der Waals surface area contributed by atoms with E-state index in [9.17, 15) is 5.11 Å². The molecule has 0 saturated heterocycles. The van der Waals surface area contributed by atoms with Gasteiger partial charge in [-0.05, 0) is 55.8 Å². The van der Waals surface area contributed by atoms with E-state index in [4.69, 9.17) is 4.74 Å². The second-order valence-electron chi connectivity index (χ2n) is 4.96. The van der Waals surface area contributed by atoms with Crippen molar-refractivity contribution in [1.82, 2.24) is 0 Å². The average Bonchev–Trinajstić information content (AvgIpc) is 2.48. The van der Waals surface area contributed by atoms with Crippen molar-refractivity contribution in [2.45, 2.75) is 25.9 Å². The Bertz CT molecular complexity index is 664. The Morgan fingerprint density at radius 2 is 1.86 bits per heavy atom. The van der Waals surface area contributed by atoms with Crippen molar-refractivity contribution in [2.24, 2.45) is 0 Å². The molecule has 1 unspecified atom stereocenters. The van der Waals surface area contributed by atoms with Crippen LogP contribution in [0.4, 0.5) is 0 Å². The summed E-state index contributed by atoms with van der Waals surface area (Å²) < 4.78 is 6.79. The van der Waals surface area contributed by atoms with E-state index in [1.165, 1.54) is 0 Å². The van der Waals surface area contributed by atoms with Crippen molar-refractivity contribution in [3.8, 4) is 23.3 Å². The van der Waals surface area contributed by atoms with Gasteiger partial charge in [-0.2, -0.15) is 0 Å². The van der Waals surface area contributed by atoms with Crippen molar-refractivity contribution in [1.29, 1.82) is 0 Å². The largest absolute Gasteiger partial charge is 0.457 e. The Morgan fingerprint density at radius 3 is 2.52 bits per heavy atom. The monoisotopic (exact) mass is 344 g/mol. The molecular formula is C18H17BrO2. The molecule has 0 aromatic heterocycles. The highest BCUT2D eigenvalue weighted by Gasteiger charge is 2.12. The van der Waals surface area contributed by atoms with E-state index in [1.54, 1.807) is 6.92 Å². The van der Waals surface area contributed by atoms with Crippen molar-refractivity contribution < 1.29 is 9.84 Å². The first kappa shape index (κ1) is 15.6. The minimum atomic E-state index is -0.956. The minimum absolute atomic E-state index is 0.592. The Morgan fingerprint density at radius 1 is 1.14 bits per heavy atom. The molecule has 1 N–H and O–H groups in total. The lowest BCUT2D eigenvalue weighted by atomic mass is 10.0. The molecule has 0 aliphatic heterocycles. The highest BCUT2D eigenvalue weighted by Crippen LogP contribution is 2.23. The molecule has 0 bridgehead atoms. The van der Waals surface area contributed by atoms with Crippen LogP contribution in [0.3, 0.4) is 0 Å². The van der Waals surface area contributed by atoms with Crippen LogP contribution < -0.4 is 4.74 Å². The van der Waals surface area contributed by atoms with E-state index < -0.39 is 5.60 Å².